The van der Waals surface area contributed by atoms with E-state index in [1.165, 1.54) is 0 Å². The number of carboxylic acids is 1. The lowest BCUT2D eigenvalue weighted by Crippen LogP contribution is -2.09. The number of nitrogens with zero attached hydrogens (tertiary/aromatic N) is 1. The minimum atomic E-state index is -0.854. The van der Waals surface area contributed by atoms with Gasteiger partial charge in [-0.1, -0.05) is 38.5 Å². The van der Waals surface area contributed by atoms with E-state index in [2.05, 4.69) is 6.92 Å². The molecule has 0 aliphatic carbocycles. The summed E-state index contributed by atoms with van der Waals surface area (Å²) in [7, 11) is 0. The Labute approximate surface area is 113 Å². The highest BCUT2D eigenvalue weighted by molar-refractivity contribution is 6.04. The zero-order valence-corrected chi connectivity index (χ0v) is 11.7. The van der Waals surface area contributed by atoms with Gasteiger partial charge >= 0.3 is 5.97 Å². The van der Waals surface area contributed by atoms with Crippen molar-refractivity contribution in [2.75, 3.05) is 0 Å². The number of rotatable bonds is 4. The van der Waals surface area contributed by atoms with Crippen molar-refractivity contribution >= 4 is 16.9 Å². The molecule has 0 saturated heterocycles. The third-order valence-corrected chi connectivity index (χ3v) is 3.46. The summed E-state index contributed by atoms with van der Waals surface area (Å²) >= 11 is 0. The quantitative estimate of drug-likeness (QED) is 0.907. The van der Waals surface area contributed by atoms with Crippen molar-refractivity contribution in [1.82, 2.24) is 4.98 Å². The molecule has 2 rings (SSSR count). The highest BCUT2D eigenvalue weighted by Gasteiger charge is 2.19. The van der Waals surface area contributed by atoms with Crippen molar-refractivity contribution in [3.63, 3.8) is 0 Å². The van der Waals surface area contributed by atoms with Crippen molar-refractivity contribution in [2.45, 2.75) is 40.0 Å². The molecule has 1 N–H and O–H groups in total. The average Bonchev–Trinajstić information content (AvgIpc) is 2.38. The van der Waals surface area contributed by atoms with E-state index in [1.807, 2.05) is 32.0 Å². The maximum absolute atomic E-state index is 11.6. The summed E-state index contributed by atoms with van der Waals surface area (Å²) < 4.78 is 0. The standard InChI is InChI=1S/C16H19NO2/c1-4-7-13-11(5-2)14(16(18)19)12-9-6-8-10(3)15(12)17-13/h6,8-9H,4-5,7H2,1-3H3,(H,18,19). The molecule has 1 aromatic heterocycles. The first-order valence-electron chi connectivity index (χ1n) is 6.74. The van der Waals surface area contributed by atoms with Crippen molar-refractivity contribution in [2.24, 2.45) is 0 Å². The molecule has 0 aliphatic heterocycles. The molecule has 0 atom stereocenters. The first-order valence-corrected chi connectivity index (χ1v) is 6.74. The molecule has 19 heavy (non-hydrogen) atoms. The number of hydrogen-bond acceptors (Lipinski definition) is 2. The molecule has 0 radical (unpaired) electrons. The van der Waals surface area contributed by atoms with Gasteiger partial charge in [0.1, 0.15) is 0 Å². The van der Waals surface area contributed by atoms with Crippen molar-refractivity contribution in [3.05, 3.63) is 40.6 Å². The molecule has 0 saturated carbocycles. The van der Waals surface area contributed by atoms with Crippen LogP contribution in [0, 0.1) is 6.92 Å². The number of carboxylic acid groups (broad SMARTS) is 1. The number of aryl methyl sites for hydroxylation is 2. The van der Waals surface area contributed by atoms with Crippen molar-refractivity contribution in [1.29, 1.82) is 0 Å². The molecule has 1 aromatic carbocycles. The molecule has 0 amide bonds. The third-order valence-electron chi connectivity index (χ3n) is 3.46. The van der Waals surface area contributed by atoms with Crippen LogP contribution in [-0.2, 0) is 12.8 Å². The van der Waals surface area contributed by atoms with E-state index in [0.717, 1.165) is 40.6 Å². The van der Waals surface area contributed by atoms with Gasteiger partial charge in [0.05, 0.1) is 11.1 Å². The predicted molar refractivity (Wildman–Crippen MR) is 76.8 cm³/mol. The van der Waals surface area contributed by atoms with Gasteiger partial charge in [-0.2, -0.15) is 0 Å². The van der Waals surface area contributed by atoms with E-state index < -0.39 is 5.97 Å². The number of pyridine rings is 1. The van der Waals surface area contributed by atoms with E-state index in [4.69, 9.17) is 4.98 Å². The fourth-order valence-corrected chi connectivity index (χ4v) is 2.59. The van der Waals surface area contributed by atoms with Gasteiger partial charge in [-0.05, 0) is 30.9 Å². The molecule has 3 nitrogen and oxygen atoms in total. The Hall–Kier alpha value is -1.90. The lowest BCUT2D eigenvalue weighted by Gasteiger charge is -2.14. The topological polar surface area (TPSA) is 50.2 Å². The highest BCUT2D eigenvalue weighted by atomic mass is 16.4. The molecule has 0 fully saturated rings. The monoisotopic (exact) mass is 257 g/mol. The molecule has 0 spiro atoms. The Bertz CT molecular complexity index is 632. The summed E-state index contributed by atoms with van der Waals surface area (Å²) in [6.45, 7) is 6.05. The van der Waals surface area contributed by atoms with Crippen LogP contribution in [0.15, 0.2) is 18.2 Å². The normalized spacial score (nSPS) is 10.9. The molecular weight excluding hydrogens is 238 g/mol. The number of para-hydroxylation sites is 1. The number of benzene rings is 1. The summed E-state index contributed by atoms with van der Waals surface area (Å²) in [5.74, 6) is -0.854. The third kappa shape index (κ3) is 2.33. The number of aromatic nitrogens is 1. The molecule has 0 unspecified atom stereocenters. The molecule has 0 bridgehead atoms. The van der Waals surface area contributed by atoms with Crippen molar-refractivity contribution < 1.29 is 9.90 Å². The number of fused-ring (bicyclic) bond motifs is 1. The molecule has 3 heteroatoms. The van der Waals surface area contributed by atoms with Crippen LogP contribution in [0.2, 0.25) is 0 Å². The van der Waals surface area contributed by atoms with Gasteiger partial charge in [0.25, 0.3) is 0 Å². The van der Waals surface area contributed by atoms with E-state index in [1.54, 1.807) is 0 Å². The Morgan fingerprint density at radius 2 is 2.05 bits per heavy atom. The summed E-state index contributed by atoms with van der Waals surface area (Å²) in [6, 6.07) is 5.72. The van der Waals surface area contributed by atoms with E-state index in [9.17, 15) is 9.90 Å². The number of hydrogen-bond donors (Lipinski definition) is 1. The van der Waals surface area contributed by atoms with Gasteiger partial charge in [0.15, 0.2) is 0 Å². The summed E-state index contributed by atoms with van der Waals surface area (Å²) in [4.78, 5) is 16.3. The maximum atomic E-state index is 11.6. The molecule has 100 valence electrons. The zero-order chi connectivity index (χ0) is 14.0. The van der Waals surface area contributed by atoms with Gasteiger partial charge in [-0.15, -0.1) is 0 Å². The SMILES string of the molecule is CCCc1nc2c(C)cccc2c(C(=O)O)c1CC. The minimum Gasteiger partial charge on any atom is -0.478 e. The second-order valence-corrected chi connectivity index (χ2v) is 4.79. The zero-order valence-electron chi connectivity index (χ0n) is 11.7. The van der Waals surface area contributed by atoms with Crippen LogP contribution in [0.1, 0.15) is 47.4 Å². The number of aromatic carboxylic acids is 1. The summed E-state index contributed by atoms with van der Waals surface area (Å²) in [6.07, 6.45) is 2.50. The fraction of sp³-hybridized carbons (Fsp3) is 0.375. The van der Waals surface area contributed by atoms with Crippen LogP contribution in [-0.4, -0.2) is 16.1 Å². The average molecular weight is 257 g/mol. The van der Waals surface area contributed by atoms with Gasteiger partial charge in [0.2, 0.25) is 0 Å². The van der Waals surface area contributed by atoms with E-state index in [0.29, 0.717) is 12.0 Å². The smallest absolute Gasteiger partial charge is 0.336 e. The Morgan fingerprint density at radius 1 is 1.32 bits per heavy atom. The van der Waals surface area contributed by atoms with Gasteiger partial charge in [-0.25, -0.2) is 4.79 Å². The Kier molecular flexibility index (Phi) is 3.84. The van der Waals surface area contributed by atoms with Crippen LogP contribution < -0.4 is 0 Å². The summed E-state index contributed by atoms with van der Waals surface area (Å²) in [5, 5.41) is 10.3. The van der Waals surface area contributed by atoms with Gasteiger partial charge in [0, 0.05) is 11.1 Å². The fourth-order valence-electron chi connectivity index (χ4n) is 2.59. The highest BCUT2D eigenvalue weighted by Crippen LogP contribution is 2.27. The van der Waals surface area contributed by atoms with Crippen LogP contribution in [0.5, 0.6) is 0 Å². The summed E-state index contributed by atoms with van der Waals surface area (Å²) in [5.41, 5.74) is 4.09. The lowest BCUT2D eigenvalue weighted by molar-refractivity contribution is 0.0697. The van der Waals surface area contributed by atoms with E-state index >= 15 is 0 Å². The Morgan fingerprint density at radius 3 is 2.63 bits per heavy atom. The first kappa shape index (κ1) is 13.5. The van der Waals surface area contributed by atoms with Crippen LogP contribution in [0.25, 0.3) is 10.9 Å². The van der Waals surface area contributed by atoms with Crippen LogP contribution in [0.3, 0.4) is 0 Å². The molecule has 2 aromatic rings. The maximum Gasteiger partial charge on any atom is 0.336 e. The number of carbonyl (C=O) groups is 1. The van der Waals surface area contributed by atoms with Gasteiger partial charge < -0.3 is 5.11 Å². The second kappa shape index (κ2) is 5.39. The van der Waals surface area contributed by atoms with Crippen LogP contribution in [0.4, 0.5) is 0 Å². The minimum absolute atomic E-state index is 0.430. The molecule has 0 aliphatic rings. The van der Waals surface area contributed by atoms with E-state index in [-0.39, 0.29) is 0 Å². The predicted octanol–water partition coefficient (Wildman–Crippen LogP) is 3.76. The molecular formula is C16H19NO2. The van der Waals surface area contributed by atoms with Crippen LogP contribution >= 0.6 is 0 Å². The second-order valence-electron chi connectivity index (χ2n) is 4.79. The van der Waals surface area contributed by atoms with Crippen molar-refractivity contribution in [3.8, 4) is 0 Å². The largest absolute Gasteiger partial charge is 0.478 e. The Balaban J connectivity index is 2.90. The molecule has 1 heterocycles. The van der Waals surface area contributed by atoms with Gasteiger partial charge in [-0.3, -0.25) is 4.98 Å². The first-order chi connectivity index (χ1) is 9.10. The lowest BCUT2D eigenvalue weighted by atomic mass is 9.95.